The van der Waals surface area contributed by atoms with Crippen LogP contribution in [0.25, 0.3) is 0 Å². The van der Waals surface area contributed by atoms with Gasteiger partial charge < -0.3 is 4.42 Å². The summed E-state index contributed by atoms with van der Waals surface area (Å²) < 4.78 is 5.65. The molecule has 0 saturated heterocycles. The second-order valence-corrected chi connectivity index (χ2v) is 4.97. The molecule has 0 aromatic carbocycles. The van der Waals surface area contributed by atoms with E-state index in [-0.39, 0.29) is 5.91 Å². The lowest BCUT2D eigenvalue weighted by Gasteiger charge is -1.97. The number of furan rings is 1. The van der Waals surface area contributed by atoms with Crippen LogP contribution >= 0.6 is 0 Å². The van der Waals surface area contributed by atoms with Crippen molar-refractivity contribution in [2.45, 2.75) is 19.3 Å². The summed E-state index contributed by atoms with van der Waals surface area (Å²) in [5.74, 6) is 2.54. The molecule has 5 nitrogen and oxygen atoms in total. The van der Waals surface area contributed by atoms with Crippen LogP contribution in [0.2, 0.25) is 0 Å². The Balaban J connectivity index is 1.58. The van der Waals surface area contributed by atoms with Crippen molar-refractivity contribution < 1.29 is 9.21 Å². The highest BCUT2D eigenvalue weighted by atomic mass is 16.3. The Morgan fingerprint density at radius 1 is 1.45 bits per heavy atom. The molecule has 3 rings (SSSR count). The van der Waals surface area contributed by atoms with Gasteiger partial charge in [0.15, 0.2) is 0 Å². The Labute approximate surface area is 116 Å². The van der Waals surface area contributed by atoms with Gasteiger partial charge in [-0.15, -0.1) is 0 Å². The van der Waals surface area contributed by atoms with Crippen molar-refractivity contribution in [2.24, 2.45) is 11.0 Å². The summed E-state index contributed by atoms with van der Waals surface area (Å²) in [6.45, 7) is 2.20. The van der Waals surface area contributed by atoms with E-state index in [0.29, 0.717) is 23.3 Å². The number of aromatic nitrogens is 1. The lowest BCUT2D eigenvalue weighted by Crippen LogP contribution is -2.18. The summed E-state index contributed by atoms with van der Waals surface area (Å²) in [5.41, 5.74) is 2.75. The topological polar surface area (TPSA) is 67.5 Å². The Morgan fingerprint density at radius 2 is 2.30 bits per heavy atom. The first kappa shape index (κ1) is 12.6. The molecule has 20 heavy (non-hydrogen) atoms. The molecule has 2 heterocycles. The van der Waals surface area contributed by atoms with Crippen molar-refractivity contribution in [1.82, 2.24) is 10.4 Å². The van der Waals surface area contributed by atoms with E-state index in [0.717, 1.165) is 5.76 Å². The van der Waals surface area contributed by atoms with Gasteiger partial charge in [0, 0.05) is 12.1 Å². The highest BCUT2D eigenvalue weighted by Gasteiger charge is 2.36. The molecule has 0 spiro atoms. The maximum absolute atomic E-state index is 11.7. The lowest BCUT2D eigenvalue weighted by atomic mass is 10.3. The molecule has 0 unspecified atom stereocenters. The number of amides is 1. The molecule has 1 aliphatic carbocycles. The summed E-state index contributed by atoms with van der Waals surface area (Å²) in [7, 11) is 0. The van der Waals surface area contributed by atoms with Crippen LogP contribution in [0.4, 0.5) is 0 Å². The van der Waals surface area contributed by atoms with E-state index in [1.807, 2.05) is 12.1 Å². The van der Waals surface area contributed by atoms with Crippen molar-refractivity contribution in [1.29, 1.82) is 0 Å². The second-order valence-electron chi connectivity index (χ2n) is 4.97. The molecule has 0 radical (unpaired) electrons. The third kappa shape index (κ3) is 2.77. The standard InChI is InChI=1S/C15H15N3O2/c1-10-8-12(10)14-6-5-11(20-14)9-17-18-15(19)13-4-2-3-7-16-13/h2-7,9-10,12H,8H2,1H3,(H,18,19)/b17-9-/t10-,12+/m1/s1. The first-order valence-corrected chi connectivity index (χ1v) is 6.58. The van der Waals surface area contributed by atoms with E-state index in [4.69, 9.17) is 4.42 Å². The molecule has 102 valence electrons. The van der Waals surface area contributed by atoms with Gasteiger partial charge in [0.2, 0.25) is 0 Å². The van der Waals surface area contributed by atoms with Crippen LogP contribution in [-0.2, 0) is 0 Å². The molecule has 5 heteroatoms. The summed E-state index contributed by atoms with van der Waals surface area (Å²) >= 11 is 0. The molecule has 1 amide bonds. The molecule has 2 aromatic rings. The summed E-state index contributed by atoms with van der Waals surface area (Å²) in [5, 5.41) is 3.87. The largest absolute Gasteiger partial charge is 0.460 e. The van der Waals surface area contributed by atoms with Gasteiger partial charge in [-0.3, -0.25) is 9.78 Å². The van der Waals surface area contributed by atoms with Crippen LogP contribution in [0.3, 0.4) is 0 Å². The smallest absolute Gasteiger partial charge is 0.289 e. The summed E-state index contributed by atoms with van der Waals surface area (Å²) in [6, 6.07) is 8.96. The summed E-state index contributed by atoms with van der Waals surface area (Å²) in [6.07, 6.45) is 4.24. The van der Waals surface area contributed by atoms with Crippen LogP contribution in [0.5, 0.6) is 0 Å². The van der Waals surface area contributed by atoms with E-state index in [9.17, 15) is 4.79 Å². The minimum atomic E-state index is -0.343. The normalized spacial score (nSPS) is 21.1. The van der Waals surface area contributed by atoms with E-state index < -0.39 is 0 Å². The number of nitrogens with zero attached hydrogens (tertiary/aromatic N) is 2. The molecule has 0 bridgehead atoms. The molecule has 1 saturated carbocycles. The van der Waals surface area contributed by atoms with Crippen molar-refractivity contribution in [3.05, 3.63) is 53.7 Å². The van der Waals surface area contributed by atoms with Gasteiger partial charge in [0.05, 0.1) is 6.21 Å². The SMILES string of the molecule is C[C@@H]1C[C@@H]1c1ccc(/C=N\NC(=O)c2ccccn2)o1. The first-order chi connectivity index (χ1) is 9.74. The first-order valence-electron chi connectivity index (χ1n) is 6.58. The van der Waals surface area contributed by atoms with Crippen molar-refractivity contribution in [2.75, 3.05) is 0 Å². The van der Waals surface area contributed by atoms with Gasteiger partial charge in [0.25, 0.3) is 5.91 Å². The number of hydrazone groups is 1. The van der Waals surface area contributed by atoms with Gasteiger partial charge in [-0.2, -0.15) is 5.10 Å². The average Bonchev–Trinajstić information content (AvgIpc) is 3.01. The number of hydrogen-bond donors (Lipinski definition) is 1. The Morgan fingerprint density at radius 3 is 3.00 bits per heavy atom. The van der Waals surface area contributed by atoms with Crippen molar-refractivity contribution >= 4 is 12.1 Å². The third-order valence-corrected chi connectivity index (χ3v) is 3.38. The molecule has 1 aliphatic rings. The lowest BCUT2D eigenvalue weighted by molar-refractivity contribution is 0.0950. The highest BCUT2D eigenvalue weighted by Crippen LogP contribution is 2.47. The Bertz CT molecular complexity index is 634. The van der Waals surface area contributed by atoms with Gasteiger partial charge in [-0.25, -0.2) is 5.43 Å². The zero-order chi connectivity index (χ0) is 13.9. The van der Waals surface area contributed by atoms with E-state index >= 15 is 0 Å². The number of hydrogen-bond acceptors (Lipinski definition) is 4. The van der Waals surface area contributed by atoms with Gasteiger partial charge in [0.1, 0.15) is 17.2 Å². The van der Waals surface area contributed by atoms with Crippen LogP contribution in [0, 0.1) is 5.92 Å². The second kappa shape index (κ2) is 5.28. The molecular weight excluding hydrogens is 254 g/mol. The predicted octanol–water partition coefficient (Wildman–Crippen LogP) is 2.56. The number of pyridine rings is 1. The number of nitrogens with one attached hydrogen (secondary N) is 1. The van der Waals surface area contributed by atoms with Crippen LogP contribution < -0.4 is 5.43 Å². The van der Waals surface area contributed by atoms with Gasteiger partial charge in [-0.05, 0) is 36.6 Å². The fourth-order valence-electron chi connectivity index (χ4n) is 2.06. The van der Waals surface area contributed by atoms with Crippen LogP contribution in [0.15, 0.2) is 46.0 Å². The van der Waals surface area contributed by atoms with Crippen LogP contribution in [0.1, 0.15) is 41.3 Å². The molecular formula is C15H15N3O2. The van der Waals surface area contributed by atoms with Gasteiger partial charge >= 0.3 is 0 Å². The fourth-order valence-corrected chi connectivity index (χ4v) is 2.06. The molecule has 0 aliphatic heterocycles. The Hall–Kier alpha value is -2.43. The predicted molar refractivity (Wildman–Crippen MR) is 74.5 cm³/mol. The maximum atomic E-state index is 11.7. The van der Waals surface area contributed by atoms with E-state index in [1.54, 1.807) is 24.4 Å². The molecule has 1 N–H and O–H groups in total. The monoisotopic (exact) mass is 269 g/mol. The fraction of sp³-hybridized carbons (Fsp3) is 0.267. The molecule has 2 atom stereocenters. The minimum Gasteiger partial charge on any atom is -0.460 e. The quantitative estimate of drug-likeness (QED) is 0.685. The van der Waals surface area contributed by atoms with E-state index in [1.165, 1.54) is 12.6 Å². The molecule has 2 aromatic heterocycles. The third-order valence-electron chi connectivity index (χ3n) is 3.38. The van der Waals surface area contributed by atoms with Crippen LogP contribution in [-0.4, -0.2) is 17.1 Å². The summed E-state index contributed by atoms with van der Waals surface area (Å²) in [4.78, 5) is 15.6. The van der Waals surface area contributed by atoms with E-state index in [2.05, 4.69) is 22.4 Å². The molecule has 1 fully saturated rings. The zero-order valence-electron chi connectivity index (χ0n) is 11.1. The highest BCUT2D eigenvalue weighted by molar-refractivity contribution is 5.92. The number of carbonyl (C=O) groups excluding carboxylic acids is 1. The zero-order valence-corrected chi connectivity index (χ0v) is 11.1. The van der Waals surface area contributed by atoms with Crippen molar-refractivity contribution in [3.63, 3.8) is 0 Å². The number of carbonyl (C=O) groups is 1. The van der Waals surface area contributed by atoms with Gasteiger partial charge in [-0.1, -0.05) is 13.0 Å². The number of rotatable bonds is 4. The maximum Gasteiger partial charge on any atom is 0.289 e. The minimum absolute atomic E-state index is 0.330. The Kier molecular flexibility index (Phi) is 3.33. The average molecular weight is 269 g/mol. The van der Waals surface area contributed by atoms with Crippen molar-refractivity contribution in [3.8, 4) is 0 Å².